The van der Waals surface area contributed by atoms with Crippen LogP contribution in [0.2, 0.25) is 0 Å². The predicted octanol–water partition coefficient (Wildman–Crippen LogP) is 7.83. The highest BCUT2D eigenvalue weighted by Gasteiger charge is 2.60. The minimum atomic E-state index is -1.48. The fourth-order valence-corrected chi connectivity index (χ4v) is 12.9. The number of phenols is 1. The maximum Gasteiger partial charge on any atom is 0.352 e. The van der Waals surface area contributed by atoms with Gasteiger partial charge >= 0.3 is 17.9 Å². The number of aromatic nitrogens is 2. The number of aromatic hydroxyl groups is 1. The molecule has 0 radical (unpaired) electrons. The van der Waals surface area contributed by atoms with Crippen LogP contribution in [0.3, 0.4) is 0 Å². The highest BCUT2D eigenvalue weighted by atomic mass is 16.6. The Hall–Kier alpha value is -5.56. The van der Waals surface area contributed by atoms with Gasteiger partial charge < -0.3 is 28.6 Å². The molecule has 4 unspecified atom stereocenters. The first-order valence-corrected chi connectivity index (χ1v) is 23.3. The van der Waals surface area contributed by atoms with Gasteiger partial charge in [-0.05, 0) is 142 Å². The maximum absolute atomic E-state index is 13.9. The number of ketones is 1. The molecule has 336 valence electrons. The molecular formula is C51H57N3O10. The summed E-state index contributed by atoms with van der Waals surface area (Å²) in [5, 5.41) is 11.6. The van der Waals surface area contributed by atoms with Gasteiger partial charge in [-0.25, -0.2) is 19.4 Å². The lowest BCUT2D eigenvalue weighted by Gasteiger charge is -2.60. The zero-order valence-corrected chi connectivity index (χ0v) is 37.2. The van der Waals surface area contributed by atoms with Crippen molar-refractivity contribution in [1.82, 2.24) is 14.5 Å². The third-order valence-corrected chi connectivity index (χ3v) is 16.6. The number of Topliss-reactive ketones (excluding diaryl/α,β-unsaturated/α-hetero) is 1. The van der Waals surface area contributed by atoms with E-state index < -0.39 is 30.6 Å². The molecule has 13 heteroatoms. The molecule has 4 fully saturated rings. The molecule has 8 atom stereocenters. The number of esters is 3. The highest BCUT2D eigenvalue weighted by molar-refractivity contribution is 5.90. The molecule has 4 heterocycles. The van der Waals surface area contributed by atoms with E-state index >= 15 is 0 Å². The number of rotatable bonds is 10. The van der Waals surface area contributed by atoms with E-state index in [0.29, 0.717) is 64.2 Å². The summed E-state index contributed by atoms with van der Waals surface area (Å²) in [5.41, 5.74) is 3.84. The molecule has 4 aromatic rings. The molecule has 64 heavy (non-hydrogen) atoms. The Morgan fingerprint density at radius 3 is 2.52 bits per heavy atom. The summed E-state index contributed by atoms with van der Waals surface area (Å²) in [7, 11) is 0. The molecule has 0 saturated heterocycles. The standard InChI is InChI=1S/C51H57N3O10/c1-5-53(6-2)25-36-34-21-29-24-54-41(45(29)52-40(34)14-15-42(36)55)23-35-37(47(54)58)26-62-49(60)46(35)64-44(57)27-61-31-10-7-28(8-11-31)48(59)63-32-17-19-50(3)30(22-32)9-12-33-38-13-16-43(56)51(38,4)20-18-39(33)50/h7-8,10-11,14-15,21,23,30,32-33,38-39,46,55H,5-6,9,12-13,16-20,22,24-27H2,1-4H3/t30?,32-,33?,38?,39?,46-,50-,51-/m0/s1. The van der Waals surface area contributed by atoms with E-state index in [1.54, 1.807) is 47.0 Å². The highest BCUT2D eigenvalue weighted by Crippen LogP contribution is 2.65. The molecule has 0 bridgehead atoms. The van der Waals surface area contributed by atoms with Crippen molar-refractivity contribution in [3.63, 3.8) is 0 Å². The van der Waals surface area contributed by atoms with Crippen LogP contribution in [-0.4, -0.2) is 69.0 Å². The Balaban J connectivity index is 0.769. The third-order valence-electron chi connectivity index (χ3n) is 16.6. The van der Waals surface area contributed by atoms with Crippen LogP contribution in [0.25, 0.3) is 22.3 Å². The van der Waals surface area contributed by atoms with E-state index in [0.717, 1.165) is 87.4 Å². The van der Waals surface area contributed by atoms with Gasteiger partial charge in [0.2, 0.25) is 6.10 Å². The molecule has 2 aliphatic heterocycles. The number of ether oxygens (including phenoxy) is 4. The summed E-state index contributed by atoms with van der Waals surface area (Å²) < 4.78 is 24.4. The van der Waals surface area contributed by atoms with E-state index in [4.69, 9.17) is 23.9 Å². The molecule has 0 spiro atoms. The fraction of sp³-hybridized carbons (Fsp3) is 0.529. The van der Waals surface area contributed by atoms with Gasteiger partial charge in [-0.3, -0.25) is 14.5 Å². The second-order valence-electron chi connectivity index (χ2n) is 19.6. The molecule has 6 aliphatic rings. The number of carbonyl (C=O) groups is 4. The lowest BCUT2D eigenvalue weighted by Crippen LogP contribution is -2.54. The quantitative estimate of drug-likeness (QED) is 0.107. The third kappa shape index (κ3) is 7.00. The Bertz CT molecular complexity index is 2640. The summed E-state index contributed by atoms with van der Waals surface area (Å²) in [6.45, 7) is 10.4. The van der Waals surface area contributed by atoms with Gasteiger partial charge in [-0.1, -0.05) is 27.7 Å². The van der Waals surface area contributed by atoms with Crippen molar-refractivity contribution in [1.29, 1.82) is 0 Å². The van der Waals surface area contributed by atoms with Crippen LogP contribution in [0.1, 0.15) is 124 Å². The second-order valence-corrected chi connectivity index (χ2v) is 19.6. The van der Waals surface area contributed by atoms with Crippen molar-refractivity contribution >= 4 is 34.6 Å². The van der Waals surface area contributed by atoms with E-state index in [-0.39, 0.29) is 52.5 Å². The Labute approximate surface area is 372 Å². The zero-order chi connectivity index (χ0) is 44.7. The van der Waals surface area contributed by atoms with Crippen molar-refractivity contribution in [3.05, 3.63) is 86.7 Å². The van der Waals surface area contributed by atoms with Crippen molar-refractivity contribution in [3.8, 4) is 22.9 Å². The number of hydrogen-bond donors (Lipinski definition) is 1. The number of nitrogens with zero attached hydrogens (tertiary/aromatic N) is 3. The fourth-order valence-electron chi connectivity index (χ4n) is 12.9. The van der Waals surface area contributed by atoms with Gasteiger partial charge in [0.25, 0.3) is 5.56 Å². The zero-order valence-electron chi connectivity index (χ0n) is 37.2. The molecule has 10 rings (SSSR count). The summed E-state index contributed by atoms with van der Waals surface area (Å²) in [6.07, 6.45) is 7.26. The lowest BCUT2D eigenvalue weighted by atomic mass is 9.45. The van der Waals surface area contributed by atoms with Crippen LogP contribution >= 0.6 is 0 Å². The summed E-state index contributed by atoms with van der Waals surface area (Å²) >= 11 is 0. The first-order chi connectivity index (χ1) is 30.8. The first kappa shape index (κ1) is 42.4. The minimum Gasteiger partial charge on any atom is -0.508 e. The number of cyclic esters (lactones) is 1. The van der Waals surface area contributed by atoms with E-state index in [1.807, 2.05) is 6.07 Å². The van der Waals surface area contributed by atoms with Crippen molar-refractivity contribution in [2.24, 2.45) is 34.5 Å². The molecular weight excluding hydrogens is 815 g/mol. The van der Waals surface area contributed by atoms with Crippen LogP contribution in [0.4, 0.5) is 0 Å². The smallest absolute Gasteiger partial charge is 0.352 e. The second kappa shape index (κ2) is 16.2. The molecule has 4 aliphatic carbocycles. The summed E-state index contributed by atoms with van der Waals surface area (Å²) in [5.74, 6) is 1.19. The molecule has 4 saturated carbocycles. The van der Waals surface area contributed by atoms with E-state index in [9.17, 15) is 29.1 Å². The molecule has 13 nitrogen and oxygen atoms in total. The van der Waals surface area contributed by atoms with Crippen LogP contribution in [-0.2, 0) is 48.3 Å². The minimum absolute atomic E-state index is 0.128. The van der Waals surface area contributed by atoms with Crippen LogP contribution in [0, 0.1) is 34.5 Å². The Morgan fingerprint density at radius 2 is 1.73 bits per heavy atom. The molecule has 1 N–H and O–H groups in total. The monoisotopic (exact) mass is 871 g/mol. The van der Waals surface area contributed by atoms with E-state index in [2.05, 4.69) is 32.6 Å². The summed E-state index contributed by atoms with van der Waals surface area (Å²) in [4.78, 5) is 73.5. The number of pyridine rings is 2. The predicted molar refractivity (Wildman–Crippen MR) is 235 cm³/mol. The largest absolute Gasteiger partial charge is 0.508 e. The summed E-state index contributed by atoms with van der Waals surface area (Å²) in [6, 6.07) is 13.4. The first-order valence-electron chi connectivity index (χ1n) is 23.3. The van der Waals surface area contributed by atoms with Crippen molar-refractivity contribution in [2.75, 3.05) is 19.7 Å². The van der Waals surface area contributed by atoms with Gasteiger partial charge in [-0.2, -0.15) is 0 Å². The van der Waals surface area contributed by atoms with Gasteiger partial charge in [0, 0.05) is 40.5 Å². The van der Waals surface area contributed by atoms with Gasteiger partial charge in [0.15, 0.2) is 6.61 Å². The van der Waals surface area contributed by atoms with Crippen LogP contribution in [0.5, 0.6) is 11.5 Å². The number of fused-ring (bicyclic) bond motifs is 10. The topological polar surface area (TPSA) is 164 Å². The van der Waals surface area contributed by atoms with Gasteiger partial charge in [-0.15, -0.1) is 0 Å². The Kier molecular flexibility index (Phi) is 10.7. The van der Waals surface area contributed by atoms with E-state index in [1.165, 1.54) is 0 Å². The van der Waals surface area contributed by atoms with Crippen molar-refractivity contribution in [2.45, 2.75) is 117 Å². The van der Waals surface area contributed by atoms with Gasteiger partial charge in [0.05, 0.1) is 34.6 Å². The van der Waals surface area contributed by atoms with Crippen LogP contribution < -0.4 is 10.3 Å². The Morgan fingerprint density at radius 1 is 0.938 bits per heavy atom. The number of carbonyl (C=O) groups excluding carboxylic acids is 4. The average Bonchev–Trinajstić information content (AvgIpc) is 3.81. The molecule has 2 aromatic heterocycles. The SMILES string of the molecule is CCN(CC)Cc1c(O)ccc2nc3c(cc12)Cn1c-3cc2c(c1=O)COC(=O)[C@H]2OC(=O)COc1ccc(C(=O)O[C@H]2CC[C@@]3(C)C(CCC4C3CC[C@]3(C)C(=O)CCC43)C2)cc1. The normalized spacial score (nSPS) is 28.9. The number of hydrogen-bond acceptors (Lipinski definition) is 12. The van der Waals surface area contributed by atoms with Crippen LogP contribution in [0.15, 0.2) is 53.3 Å². The average molecular weight is 872 g/mol. The maximum atomic E-state index is 13.9. The molecule has 2 aromatic carbocycles. The van der Waals surface area contributed by atoms with Gasteiger partial charge in [0.1, 0.15) is 30.0 Å². The molecule has 0 amide bonds. The number of benzene rings is 2. The lowest BCUT2D eigenvalue weighted by molar-refractivity contribution is -0.172. The van der Waals surface area contributed by atoms with Crippen molar-refractivity contribution < 1.29 is 43.2 Å². The number of phenolic OH excluding ortho intramolecular Hbond substituents is 1.